The highest BCUT2D eigenvalue weighted by Gasteiger charge is 2.06. The van der Waals surface area contributed by atoms with E-state index in [1.54, 1.807) is 43.8 Å². The molecule has 1 aromatic carbocycles. The summed E-state index contributed by atoms with van der Waals surface area (Å²) < 4.78 is 6.02. The lowest BCUT2D eigenvalue weighted by Crippen LogP contribution is -2.09. The minimum Gasteiger partial charge on any atom is -0.495 e. The van der Waals surface area contributed by atoms with E-state index in [9.17, 15) is 4.79 Å². The molecule has 0 spiro atoms. The Bertz CT molecular complexity index is 675. The van der Waals surface area contributed by atoms with Gasteiger partial charge in [0.2, 0.25) is 0 Å². The number of ether oxygens (including phenoxy) is 1. The molecular formula is C15H11BrN2O2. The van der Waals surface area contributed by atoms with Gasteiger partial charge in [-0.2, -0.15) is 0 Å². The maximum absolute atomic E-state index is 11.8. The molecule has 100 valence electrons. The quantitative estimate of drug-likeness (QED) is 0.861. The van der Waals surface area contributed by atoms with Crippen LogP contribution >= 0.6 is 15.9 Å². The summed E-state index contributed by atoms with van der Waals surface area (Å²) in [5.41, 5.74) is 1.30. The fourth-order valence-electron chi connectivity index (χ4n) is 1.50. The summed E-state index contributed by atoms with van der Waals surface area (Å²) in [4.78, 5) is 15.7. The van der Waals surface area contributed by atoms with Gasteiger partial charge in [-0.05, 0) is 30.3 Å². The average Bonchev–Trinajstić information content (AvgIpc) is 2.46. The average molecular weight is 331 g/mol. The van der Waals surface area contributed by atoms with E-state index in [0.717, 1.165) is 10.0 Å². The van der Waals surface area contributed by atoms with E-state index in [1.165, 1.54) is 0 Å². The second-order valence-electron chi connectivity index (χ2n) is 3.78. The molecule has 20 heavy (non-hydrogen) atoms. The van der Waals surface area contributed by atoms with E-state index < -0.39 is 5.91 Å². The molecule has 5 heteroatoms. The number of aromatic nitrogens is 1. The van der Waals surface area contributed by atoms with Gasteiger partial charge >= 0.3 is 5.91 Å². The number of benzene rings is 1. The highest BCUT2D eigenvalue weighted by Crippen LogP contribution is 2.27. The Labute approximate surface area is 125 Å². The van der Waals surface area contributed by atoms with Crippen LogP contribution in [0.3, 0.4) is 0 Å². The molecule has 4 nitrogen and oxygen atoms in total. The van der Waals surface area contributed by atoms with E-state index in [4.69, 9.17) is 4.74 Å². The van der Waals surface area contributed by atoms with Crippen molar-refractivity contribution >= 4 is 27.5 Å². The van der Waals surface area contributed by atoms with E-state index in [1.807, 2.05) is 6.07 Å². The van der Waals surface area contributed by atoms with Crippen LogP contribution in [0, 0.1) is 11.8 Å². The third-order valence-electron chi connectivity index (χ3n) is 2.41. The summed E-state index contributed by atoms with van der Waals surface area (Å²) in [6.07, 6.45) is 3.25. The molecule has 0 saturated carbocycles. The zero-order valence-electron chi connectivity index (χ0n) is 10.7. The predicted molar refractivity (Wildman–Crippen MR) is 80.4 cm³/mol. The second kappa shape index (κ2) is 6.73. The standard InChI is InChI=1S/C15H11BrN2O2/c1-20-14-4-3-12(16)10-13(14)18-15(19)5-2-11-6-8-17-9-7-11/h3-4,6-10H,1H3,(H,18,19). The van der Waals surface area contributed by atoms with Crippen LogP contribution in [0.1, 0.15) is 5.56 Å². The largest absolute Gasteiger partial charge is 0.495 e. The molecule has 0 aliphatic rings. The number of anilines is 1. The summed E-state index contributed by atoms with van der Waals surface area (Å²) in [6.45, 7) is 0. The molecule has 1 aromatic heterocycles. The zero-order valence-corrected chi connectivity index (χ0v) is 12.3. The highest BCUT2D eigenvalue weighted by atomic mass is 79.9. The first-order valence-electron chi connectivity index (χ1n) is 5.75. The van der Waals surface area contributed by atoms with Crippen molar-refractivity contribution in [1.29, 1.82) is 0 Å². The third-order valence-corrected chi connectivity index (χ3v) is 2.90. The number of rotatable bonds is 2. The summed E-state index contributed by atoms with van der Waals surface area (Å²) in [6, 6.07) is 8.82. The summed E-state index contributed by atoms with van der Waals surface area (Å²) in [5.74, 6) is 5.45. The van der Waals surface area contributed by atoms with E-state index in [2.05, 4.69) is 38.1 Å². The molecule has 0 atom stereocenters. The Morgan fingerprint density at radius 2 is 2.05 bits per heavy atom. The molecule has 1 heterocycles. The number of hydrogen-bond acceptors (Lipinski definition) is 3. The van der Waals surface area contributed by atoms with Crippen LogP contribution < -0.4 is 10.1 Å². The second-order valence-corrected chi connectivity index (χ2v) is 4.70. The number of amides is 1. The lowest BCUT2D eigenvalue weighted by Gasteiger charge is -2.08. The van der Waals surface area contributed by atoms with Crippen LogP contribution in [0.4, 0.5) is 5.69 Å². The van der Waals surface area contributed by atoms with Gasteiger partial charge in [-0.1, -0.05) is 21.9 Å². The van der Waals surface area contributed by atoms with Crippen molar-refractivity contribution in [2.45, 2.75) is 0 Å². The minimum atomic E-state index is -0.404. The number of carbonyl (C=O) groups excluding carboxylic acids is 1. The Morgan fingerprint density at radius 3 is 2.75 bits per heavy atom. The monoisotopic (exact) mass is 330 g/mol. The Kier molecular flexibility index (Phi) is 4.75. The van der Waals surface area contributed by atoms with Crippen molar-refractivity contribution in [3.63, 3.8) is 0 Å². The highest BCUT2D eigenvalue weighted by molar-refractivity contribution is 9.10. The van der Waals surface area contributed by atoms with Gasteiger partial charge < -0.3 is 10.1 Å². The molecule has 0 saturated heterocycles. The molecule has 0 bridgehead atoms. The molecular weight excluding hydrogens is 320 g/mol. The summed E-state index contributed by atoms with van der Waals surface area (Å²) in [5, 5.41) is 2.69. The third kappa shape index (κ3) is 3.84. The minimum absolute atomic E-state index is 0.404. The van der Waals surface area contributed by atoms with Crippen LogP contribution in [-0.2, 0) is 4.79 Å². The normalized spacial score (nSPS) is 9.30. The molecule has 1 N–H and O–H groups in total. The topological polar surface area (TPSA) is 51.2 Å². The number of nitrogens with one attached hydrogen (secondary N) is 1. The molecule has 0 fully saturated rings. The molecule has 0 radical (unpaired) electrons. The van der Waals surface area contributed by atoms with E-state index in [-0.39, 0.29) is 0 Å². The van der Waals surface area contributed by atoms with Crippen molar-refractivity contribution in [2.75, 3.05) is 12.4 Å². The number of carbonyl (C=O) groups is 1. The van der Waals surface area contributed by atoms with Crippen molar-refractivity contribution in [1.82, 2.24) is 4.98 Å². The smallest absolute Gasteiger partial charge is 0.300 e. The lowest BCUT2D eigenvalue weighted by atomic mass is 10.2. The Balaban J connectivity index is 2.13. The maximum Gasteiger partial charge on any atom is 0.300 e. The Hall–Kier alpha value is -2.32. The maximum atomic E-state index is 11.8. The van der Waals surface area contributed by atoms with Gasteiger partial charge in [0, 0.05) is 28.4 Å². The molecule has 2 aromatic rings. The van der Waals surface area contributed by atoms with Gasteiger partial charge in [0.25, 0.3) is 0 Å². The van der Waals surface area contributed by atoms with Gasteiger partial charge in [0.1, 0.15) is 5.75 Å². The van der Waals surface area contributed by atoms with E-state index >= 15 is 0 Å². The Morgan fingerprint density at radius 1 is 1.30 bits per heavy atom. The van der Waals surface area contributed by atoms with Gasteiger partial charge in [-0.3, -0.25) is 9.78 Å². The fourth-order valence-corrected chi connectivity index (χ4v) is 1.86. The zero-order chi connectivity index (χ0) is 14.4. The first kappa shape index (κ1) is 14.1. The number of methoxy groups -OCH3 is 1. The number of nitrogens with zero attached hydrogens (tertiary/aromatic N) is 1. The lowest BCUT2D eigenvalue weighted by molar-refractivity contribution is -0.111. The summed E-state index contributed by atoms with van der Waals surface area (Å²) in [7, 11) is 1.54. The van der Waals surface area contributed by atoms with Crippen molar-refractivity contribution in [3.8, 4) is 17.6 Å². The number of hydrogen-bond donors (Lipinski definition) is 1. The van der Waals surface area contributed by atoms with Crippen LogP contribution in [-0.4, -0.2) is 18.0 Å². The van der Waals surface area contributed by atoms with Crippen LogP contribution in [0.5, 0.6) is 5.75 Å². The molecule has 2 rings (SSSR count). The van der Waals surface area contributed by atoms with Gasteiger partial charge in [-0.15, -0.1) is 0 Å². The van der Waals surface area contributed by atoms with Gasteiger partial charge in [-0.25, -0.2) is 0 Å². The van der Waals surface area contributed by atoms with Gasteiger partial charge in [0.05, 0.1) is 12.8 Å². The first-order chi connectivity index (χ1) is 9.69. The van der Waals surface area contributed by atoms with Crippen molar-refractivity contribution in [2.24, 2.45) is 0 Å². The van der Waals surface area contributed by atoms with E-state index in [0.29, 0.717) is 11.4 Å². The van der Waals surface area contributed by atoms with Crippen LogP contribution in [0.15, 0.2) is 47.2 Å². The molecule has 0 aliphatic heterocycles. The molecule has 0 unspecified atom stereocenters. The number of halogens is 1. The molecule has 1 amide bonds. The predicted octanol–water partition coefficient (Wildman–Crippen LogP) is 2.84. The SMILES string of the molecule is COc1ccc(Br)cc1NC(=O)C#Cc1ccncc1. The molecule has 0 aliphatic carbocycles. The fraction of sp³-hybridized carbons (Fsp3) is 0.0667. The first-order valence-corrected chi connectivity index (χ1v) is 6.55. The summed E-state index contributed by atoms with van der Waals surface area (Å²) >= 11 is 3.34. The van der Waals surface area contributed by atoms with Crippen molar-refractivity contribution in [3.05, 3.63) is 52.8 Å². The van der Waals surface area contributed by atoms with Gasteiger partial charge in [0.15, 0.2) is 0 Å². The number of pyridine rings is 1. The van der Waals surface area contributed by atoms with Crippen LogP contribution in [0.25, 0.3) is 0 Å². The van der Waals surface area contributed by atoms with Crippen molar-refractivity contribution < 1.29 is 9.53 Å². The van der Waals surface area contributed by atoms with Crippen LogP contribution in [0.2, 0.25) is 0 Å².